The highest BCUT2D eigenvalue weighted by molar-refractivity contribution is 5.98. The maximum atomic E-state index is 12.8. The average Bonchev–Trinajstić information content (AvgIpc) is 2.45. The highest BCUT2D eigenvalue weighted by atomic mass is 19.4. The number of primary amides is 1. The van der Waals surface area contributed by atoms with Crippen molar-refractivity contribution in [1.29, 1.82) is 0 Å². The van der Waals surface area contributed by atoms with Crippen LogP contribution >= 0.6 is 0 Å². The molecule has 0 radical (unpaired) electrons. The van der Waals surface area contributed by atoms with E-state index in [2.05, 4.69) is 0 Å². The van der Waals surface area contributed by atoms with Crippen molar-refractivity contribution in [3.8, 4) is 0 Å². The Morgan fingerprint density at radius 1 is 1.05 bits per heavy atom. The van der Waals surface area contributed by atoms with Gasteiger partial charge >= 0.3 is 6.18 Å². The number of carbonyl (C=O) groups excluding carboxylic acids is 1. The van der Waals surface area contributed by atoms with Crippen LogP contribution in [0.5, 0.6) is 0 Å². The number of nitrogens with two attached hydrogens (primary N) is 1. The molecule has 0 aliphatic rings. The lowest BCUT2D eigenvalue weighted by Gasteiger charge is -2.12. The molecule has 2 aromatic carbocycles. The monoisotopic (exact) mass is 305 g/mol. The first-order chi connectivity index (χ1) is 10.3. The van der Waals surface area contributed by atoms with Gasteiger partial charge in [-0.3, -0.25) is 4.79 Å². The van der Waals surface area contributed by atoms with Crippen LogP contribution in [0.1, 0.15) is 22.3 Å². The van der Waals surface area contributed by atoms with Gasteiger partial charge in [0.15, 0.2) is 0 Å². The van der Waals surface area contributed by atoms with E-state index in [1.165, 1.54) is 12.1 Å². The molecule has 22 heavy (non-hydrogen) atoms. The number of alkyl halides is 3. The minimum Gasteiger partial charge on any atom is -0.366 e. The maximum absolute atomic E-state index is 12.8. The molecule has 0 aromatic heterocycles. The number of halogens is 3. The number of rotatable bonds is 3. The van der Waals surface area contributed by atoms with Crippen molar-refractivity contribution < 1.29 is 18.0 Å². The molecular formula is C17H14F3NO. The number of hydrogen-bond acceptors (Lipinski definition) is 1. The molecule has 2 nitrogen and oxygen atoms in total. The Morgan fingerprint density at radius 2 is 1.68 bits per heavy atom. The molecule has 2 aromatic rings. The predicted molar refractivity (Wildman–Crippen MR) is 78.9 cm³/mol. The van der Waals surface area contributed by atoms with Gasteiger partial charge in [-0.2, -0.15) is 13.2 Å². The zero-order chi connectivity index (χ0) is 16.3. The van der Waals surface area contributed by atoms with Crippen LogP contribution in [-0.4, -0.2) is 5.91 Å². The zero-order valence-electron chi connectivity index (χ0n) is 11.8. The number of aryl methyl sites for hydroxylation is 1. The summed E-state index contributed by atoms with van der Waals surface area (Å²) in [6.45, 7) is 1.89. The summed E-state index contributed by atoms with van der Waals surface area (Å²) < 4.78 is 38.5. The fourth-order valence-electron chi connectivity index (χ4n) is 2.07. The first kappa shape index (κ1) is 15.8. The predicted octanol–water partition coefficient (Wildman–Crippen LogP) is 3.93. The Labute approximate surface area is 126 Å². The van der Waals surface area contributed by atoms with Crippen molar-refractivity contribution in [1.82, 2.24) is 0 Å². The molecule has 0 saturated heterocycles. The van der Waals surface area contributed by atoms with Crippen molar-refractivity contribution >= 4 is 11.5 Å². The Balaban J connectivity index is 2.56. The summed E-state index contributed by atoms with van der Waals surface area (Å²) in [6.07, 6.45) is -3.30. The fourth-order valence-corrected chi connectivity index (χ4v) is 2.07. The van der Waals surface area contributed by atoms with Crippen LogP contribution < -0.4 is 5.73 Å². The molecule has 2 rings (SSSR count). The van der Waals surface area contributed by atoms with Crippen LogP contribution in [0.3, 0.4) is 0 Å². The highest BCUT2D eigenvalue weighted by Gasteiger charge is 2.30. The number of hydrogen-bond donors (Lipinski definition) is 1. The van der Waals surface area contributed by atoms with Crippen molar-refractivity contribution in [2.45, 2.75) is 13.1 Å². The van der Waals surface area contributed by atoms with Gasteiger partial charge in [-0.15, -0.1) is 0 Å². The summed E-state index contributed by atoms with van der Waals surface area (Å²) in [5, 5.41) is 0. The van der Waals surface area contributed by atoms with Crippen LogP contribution in [0.25, 0.3) is 5.57 Å². The van der Waals surface area contributed by atoms with Gasteiger partial charge < -0.3 is 5.73 Å². The summed E-state index contributed by atoms with van der Waals surface area (Å²) >= 11 is 0. The van der Waals surface area contributed by atoms with Crippen LogP contribution in [0.4, 0.5) is 13.2 Å². The standard InChI is InChI=1S/C17H14F3NO/c1-11-5-7-12(8-6-11)15(10-16(21)22)13-3-2-4-14(9-13)17(18,19)20/h2-10H,1H3,(H2,21,22)/b15-10-. The third-order valence-corrected chi connectivity index (χ3v) is 3.15. The quantitative estimate of drug-likeness (QED) is 0.858. The van der Waals surface area contributed by atoms with Crippen molar-refractivity contribution in [2.24, 2.45) is 5.73 Å². The van der Waals surface area contributed by atoms with Gasteiger partial charge in [0.2, 0.25) is 5.91 Å². The molecule has 5 heteroatoms. The lowest BCUT2D eigenvalue weighted by atomic mass is 9.95. The first-order valence-corrected chi connectivity index (χ1v) is 6.53. The molecule has 0 unspecified atom stereocenters. The van der Waals surface area contributed by atoms with Crippen LogP contribution in [0.15, 0.2) is 54.6 Å². The van der Waals surface area contributed by atoms with E-state index in [0.717, 1.165) is 23.8 Å². The van der Waals surface area contributed by atoms with Crippen LogP contribution in [0.2, 0.25) is 0 Å². The van der Waals surface area contributed by atoms with Gasteiger partial charge in [-0.1, -0.05) is 42.0 Å². The molecule has 0 bridgehead atoms. The minimum atomic E-state index is -4.44. The van der Waals surface area contributed by atoms with E-state index in [0.29, 0.717) is 11.1 Å². The Hall–Kier alpha value is -2.56. The second kappa shape index (κ2) is 6.05. The Kier molecular flexibility index (Phi) is 4.35. The lowest BCUT2D eigenvalue weighted by molar-refractivity contribution is -0.137. The largest absolute Gasteiger partial charge is 0.416 e. The van der Waals surface area contributed by atoms with Crippen LogP contribution in [-0.2, 0) is 11.0 Å². The molecule has 0 aliphatic heterocycles. The molecule has 0 fully saturated rings. The van der Waals surface area contributed by atoms with E-state index in [1.807, 2.05) is 19.1 Å². The summed E-state index contributed by atoms with van der Waals surface area (Å²) in [5.74, 6) is -0.715. The topological polar surface area (TPSA) is 43.1 Å². The molecule has 0 saturated carbocycles. The summed E-state index contributed by atoms with van der Waals surface area (Å²) in [4.78, 5) is 11.2. The SMILES string of the molecule is Cc1ccc(/C(=C/C(N)=O)c2cccc(C(F)(F)F)c2)cc1. The van der Waals surface area contributed by atoms with Gasteiger partial charge in [-0.05, 0) is 35.8 Å². The van der Waals surface area contributed by atoms with E-state index in [9.17, 15) is 18.0 Å². The van der Waals surface area contributed by atoms with Crippen LogP contribution in [0, 0.1) is 6.92 Å². The van der Waals surface area contributed by atoms with Gasteiger partial charge in [-0.25, -0.2) is 0 Å². The average molecular weight is 305 g/mol. The molecule has 0 heterocycles. The molecule has 0 atom stereocenters. The Bertz CT molecular complexity index is 715. The van der Waals surface area contributed by atoms with Gasteiger partial charge in [0, 0.05) is 6.08 Å². The normalized spacial score (nSPS) is 12.3. The summed E-state index contributed by atoms with van der Waals surface area (Å²) in [6, 6.07) is 11.9. The van der Waals surface area contributed by atoms with E-state index in [1.54, 1.807) is 12.1 Å². The number of amides is 1. The molecule has 114 valence electrons. The molecular weight excluding hydrogens is 291 g/mol. The molecule has 0 aliphatic carbocycles. The zero-order valence-corrected chi connectivity index (χ0v) is 11.8. The maximum Gasteiger partial charge on any atom is 0.416 e. The van der Waals surface area contributed by atoms with E-state index >= 15 is 0 Å². The van der Waals surface area contributed by atoms with Crippen molar-refractivity contribution in [2.75, 3.05) is 0 Å². The molecule has 2 N–H and O–H groups in total. The Morgan fingerprint density at radius 3 is 2.23 bits per heavy atom. The second-order valence-corrected chi connectivity index (χ2v) is 4.90. The van der Waals surface area contributed by atoms with Crippen molar-refractivity contribution in [3.63, 3.8) is 0 Å². The number of carbonyl (C=O) groups is 1. The highest BCUT2D eigenvalue weighted by Crippen LogP contribution is 2.32. The van der Waals surface area contributed by atoms with Gasteiger partial charge in [0.05, 0.1) is 5.56 Å². The summed E-state index contributed by atoms with van der Waals surface area (Å²) in [5.41, 5.74) is 6.70. The van der Waals surface area contributed by atoms with Gasteiger partial charge in [0.25, 0.3) is 0 Å². The molecule has 0 spiro atoms. The first-order valence-electron chi connectivity index (χ1n) is 6.53. The summed E-state index contributed by atoms with van der Waals surface area (Å²) in [7, 11) is 0. The van der Waals surface area contributed by atoms with E-state index in [4.69, 9.17) is 5.73 Å². The third-order valence-electron chi connectivity index (χ3n) is 3.15. The van der Waals surface area contributed by atoms with E-state index in [-0.39, 0.29) is 5.56 Å². The fraction of sp³-hybridized carbons (Fsp3) is 0.118. The second-order valence-electron chi connectivity index (χ2n) is 4.90. The smallest absolute Gasteiger partial charge is 0.366 e. The lowest BCUT2D eigenvalue weighted by Crippen LogP contribution is -2.08. The van der Waals surface area contributed by atoms with Gasteiger partial charge in [0.1, 0.15) is 0 Å². The van der Waals surface area contributed by atoms with Crippen molar-refractivity contribution in [3.05, 3.63) is 76.9 Å². The van der Waals surface area contributed by atoms with E-state index < -0.39 is 17.6 Å². The minimum absolute atomic E-state index is 0.289. The number of benzene rings is 2. The third kappa shape index (κ3) is 3.75. The molecule has 1 amide bonds.